The molecule has 106 valence electrons. The number of aryl methyl sites for hydroxylation is 2. The highest BCUT2D eigenvalue weighted by Gasteiger charge is 2.08. The van der Waals surface area contributed by atoms with Crippen LogP contribution < -0.4 is 10.1 Å². The van der Waals surface area contributed by atoms with E-state index in [9.17, 15) is 4.79 Å². The number of methoxy groups -OCH3 is 1. The summed E-state index contributed by atoms with van der Waals surface area (Å²) in [6.45, 7) is 1.70. The summed E-state index contributed by atoms with van der Waals surface area (Å²) in [5, 5.41) is 10.7. The Morgan fingerprint density at radius 1 is 1.45 bits per heavy atom. The van der Waals surface area contributed by atoms with E-state index in [-0.39, 0.29) is 12.3 Å². The lowest BCUT2D eigenvalue weighted by molar-refractivity contribution is -0.116. The number of benzene rings is 1. The Kier molecular flexibility index (Phi) is 4.57. The van der Waals surface area contributed by atoms with E-state index in [1.165, 1.54) is 7.11 Å². The molecule has 2 aromatic rings. The standard InChI is InChI=1S/C13H14ClN3O3/c1-8-16-17-13(20-8)6-5-12(18)15-9-3-4-11(19-2)10(14)7-9/h3-4,7H,5-6H2,1-2H3,(H,15,18). The molecule has 0 aliphatic rings. The summed E-state index contributed by atoms with van der Waals surface area (Å²) in [6.07, 6.45) is 0.655. The number of carbonyl (C=O) groups is 1. The van der Waals surface area contributed by atoms with Crippen LogP contribution >= 0.6 is 11.6 Å². The van der Waals surface area contributed by atoms with Gasteiger partial charge in [0.25, 0.3) is 0 Å². The zero-order chi connectivity index (χ0) is 14.5. The molecule has 0 spiro atoms. The van der Waals surface area contributed by atoms with E-state index in [0.29, 0.717) is 34.7 Å². The van der Waals surface area contributed by atoms with Crippen LogP contribution in [0.15, 0.2) is 22.6 Å². The Morgan fingerprint density at radius 2 is 2.25 bits per heavy atom. The molecule has 1 heterocycles. The number of carbonyl (C=O) groups excluding carboxylic acids is 1. The van der Waals surface area contributed by atoms with Crippen molar-refractivity contribution in [2.75, 3.05) is 12.4 Å². The monoisotopic (exact) mass is 295 g/mol. The third-order valence-electron chi connectivity index (χ3n) is 2.57. The Labute approximate surface area is 121 Å². The third kappa shape index (κ3) is 3.71. The van der Waals surface area contributed by atoms with E-state index in [2.05, 4.69) is 15.5 Å². The Balaban J connectivity index is 1.89. The maximum absolute atomic E-state index is 11.8. The molecule has 0 saturated heterocycles. The molecular formula is C13H14ClN3O3. The minimum Gasteiger partial charge on any atom is -0.495 e. The molecule has 0 aliphatic carbocycles. The van der Waals surface area contributed by atoms with Crippen LogP contribution in [0.1, 0.15) is 18.2 Å². The van der Waals surface area contributed by atoms with Crippen LogP contribution in [0.3, 0.4) is 0 Å². The minimum atomic E-state index is -0.151. The molecule has 1 aromatic carbocycles. The second-order valence-electron chi connectivity index (χ2n) is 4.11. The first-order chi connectivity index (χ1) is 9.58. The highest BCUT2D eigenvalue weighted by atomic mass is 35.5. The minimum absolute atomic E-state index is 0.151. The van der Waals surface area contributed by atoms with Crippen LogP contribution in [0.2, 0.25) is 5.02 Å². The summed E-state index contributed by atoms with van der Waals surface area (Å²) in [5.41, 5.74) is 0.613. The van der Waals surface area contributed by atoms with E-state index < -0.39 is 0 Å². The van der Waals surface area contributed by atoms with Crippen molar-refractivity contribution >= 4 is 23.2 Å². The second-order valence-corrected chi connectivity index (χ2v) is 4.52. The smallest absolute Gasteiger partial charge is 0.224 e. The van der Waals surface area contributed by atoms with Crippen molar-refractivity contribution in [3.8, 4) is 5.75 Å². The number of anilines is 1. The van der Waals surface area contributed by atoms with Crippen LogP contribution in [0.25, 0.3) is 0 Å². The molecule has 6 nitrogen and oxygen atoms in total. The number of ether oxygens (including phenoxy) is 1. The van der Waals surface area contributed by atoms with Crippen molar-refractivity contribution < 1.29 is 13.9 Å². The lowest BCUT2D eigenvalue weighted by Crippen LogP contribution is -2.12. The maximum Gasteiger partial charge on any atom is 0.224 e. The molecule has 2 rings (SSSR count). The van der Waals surface area contributed by atoms with Crippen LogP contribution in [-0.4, -0.2) is 23.2 Å². The molecule has 1 amide bonds. The number of hydrogen-bond donors (Lipinski definition) is 1. The van der Waals surface area contributed by atoms with Gasteiger partial charge in [-0.25, -0.2) is 0 Å². The average Bonchev–Trinajstić information content (AvgIpc) is 2.82. The Morgan fingerprint density at radius 3 is 2.85 bits per heavy atom. The first-order valence-corrected chi connectivity index (χ1v) is 6.38. The third-order valence-corrected chi connectivity index (χ3v) is 2.86. The number of amides is 1. The molecule has 0 bridgehead atoms. The van der Waals surface area contributed by atoms with Gasteiger partial charge in [0.2, 0.25) is 17.7 Å². The fraction of sp³-hybridized carbons (Fsp3) is 0.308. The summed E-state index contributed by atoms with van der Waals surface area (Å²) in [6, 6.07) is 5.05. The van der Waals surface area contributed by atoms with E-state index in [1.807, 2.05) is 0 Å². The molecule has 0 unspecified atom stereocenters. The number of hydrogen-bond acceptors (Lipinski definition) is 5. The highest BCUT2D eigenvalue weighted by molar-refractivity contribution is 6.32. The number of nitrogens with one attached hydrogen (secondary N) is 1. The Hall–Kier alpha value is -2.08. The van der Waals surface area contributed by atoms with Gasteiger partial charge >= 0.3 is 0 Å². The lowest BCUT2D eigenvalue weighted by Gasteiger charge is -2.07. The molecule has 0 aliphatic heterocycles. The first-order valence-electron chi connectivity index (χ1n) is 6.01. The first kappa shape index (κ1) is 14.3. The fourth-order valence-electron chi connectivity index (χ4n) is 1.63. The molecule has 0 saturated carbocycles. The van der Waals surface area contributed by atoms with Crippen molar-refractivity contribution in [1.29, 1.82) is 0 Å². The SMILES string of the molecule is COc1ccc(NC(=O)CCc2nnc(C)o2)cc1Cl. The average molecular weight is 296 g/mol. The maximum atomic E-state index is 11.8. The van der Waals surface area contributed by atoms with Crippen molar-refractivity contribution in [3.05, 3.63) is 35.0 Å². The van der Waals surface area contributed by atoms with E-state index >= 15 is 0 Å². The van der Waals surface area contributed by atoms with Gasteiger partial charge in [0, 0.05) is 25.5 Å². The fourth-order valence-corrected chi connectivity index (χ4v) is 1.88. The van der Waals surface area contributed by atoms with Gasteiger partial charge in [0.15, 0.2) is 0 Å². The van der Waals surface area contributed by atoms with Crippen molar-refractivity contribution in [2.45, 2.75) is 19.8 Å². The van der Waals surface area contributed by atoms with Gasteiger partial charge in [0.05, 0.1) is 12.1 Å². The van der Waals surface area contributed by atoms with Gasteiger partial charge in [-0.15, -0.1) is 10.2 Å². The predicted octanol–water partition coefficient (Wildman–Crippen LogP) is 2.61. The van der Waals surface area contributed by atoms with Gasteiger partial charge in [-0.3, -0.25) is 4.79 Å². The van der Waals surface area contributed by atoms with Crippen LogP contribution in [0, 0.1) is 6.92 Å². The second kappa shape index (κ2) is 6.38. The van der Waals surface area contributed by atoms with Crippen LogP contribution in [0.4, 0.5) is 5.69 Å². The topological polar surface area (TPSA) is 77.2 Å². The molecular weight excluding hydrogens is 282 g/mol. The van der Waals surface area contributed by atoms with Crippen molar-refractivity contribution in [2.24, 2.45) is 0 Å². The van der Waals surface area contributed by atoms with Crippen molar-refractivity contribution in [1.82, 2.24) is 10.2 Å². The van der Waals surface area contributed by atoms with Gasteiger partial charge in [-0.1, -0.05) is 11.6 Å². The zero-order valence-electron chi connectivity index (χ0n) is 11.1. The number of rotatable bonds is 5. The molecule has 0 radical (unpaired) electrons. The van der Waals surface area contributed by atoms with Crippen molar-refractivity contribution in [3.63, 3.8) is 0 Å². The summed E-state index contributed by atoms with van der Waals surface area (Å²) < 4.78 is 10.2. The van der Waals surface area contributed by atoms with Gasteiger partial charge < -0.3 is 14.5 Å². The molecule has 1 aromatic heterocycles. The van der Waals surface area contributed by atoms with E-state index in [1.54, 1.807) is 25.1 Å². The molecule has 0 fully saturated rings. The molecule has 7 heteroatoms. The largest absolute Gasteiger partial charge is 0.495 e. The summed E-state index contributed by atoms with van der Waals surface area (Å²) in [7, 11) is 1.53. The summed E-state index contributed by atoms with van der Waals surface area (Å²) in [5.74, 6) is 1.35. The number of nitrogens with zero attached hydrogens (tertiary/aromatic N) is 2. The van der Waals surface area contributed by atoms with Crippen LogP contribution in [0.5, 0.6) is 5.75 Å². The number of aromatic nitrogens is 2. The Bertz CT molecular complexity index is 613. The predicted molar refractivity (Wildman–Crippen MR) is 74.0 cm³/mol. The normalized spacial score (nSPS) is 10.3. The molecule has 20 heavy (non-hydrogen) atoms. The number of halogens is 1. The van der Waals surface area contributed by atoms with E-state index in [4.69, 9.17) is 20.8 Å². The molecule has 0 atom stereocenters. The van der Waals surface area contributed by atoms with Crippen LogP contribution in [-0.2, 0) is 11.2 Å². The van der Waals surface area contributed by atoms with Gasteiger partial charge in [0.1, 0.15) is 5.75 Å². The lowest BCUT2D eigenvalue weighted by atomic mass is 10.2. The quantitative estimate of drug-likeness (QED) is 0.917. The zero-order valence-corrected chi connectivity index (χ0v) is 11.9. The summed E-state index contributed by atoms with van der Waals surface area (Å²) >= 11 is 5.98. The van der Waals surface area contributed by atoms with Gasteiger partial charge in [-0.2, -0.15) is 0 Å². The molecule has 1 N–H and O–H groups in total. The summed E-state index contributed by atoms with van der Waals surface area (Å²) in [4.78, 5) is 11.8. The van der Waals surface area contributed by atoms with E-state index in [0.717, 1.165) is 0 Å². The highest BCUT2D eigenvalue weighted by Crippen LogP contribution is 2.27. The van der Waals surface area contributed by atoms with Gasteiger partial charge in [-0.05, 0) is 18.2 Å².